The minimum atomic E-state index is -0.374. The molecule has 1 N–H and O–H groups in total. The third-order valence-electron chi connectivity index (χ3n) is 4.30. The molecule has 29 heavy (non-hydrogen) atoms. The molecule has 0 aliphatic heterocycles. The number of hydrogen-bond acceptors (Lipinski definition) is 6. The van der Waals surface area contributed by atoms with E-state index in [2.05, 4.69) is 24.1 Å². The standard InChI is InChI=1S/C22H24N2O4S/c1-5-27-21(26)15-7-9-17-19(11-15)29-22(23-17)24-20(25)12-28-18-10-14(4)6-8-16(18)13(2)3/h6-11,13H,5,12H2,1-4H3,(H,23,24,25). The molecule has 0 spiro atoms. The highest BCUT2D eigenvalue weighted by Crippen LogP contribution is 2.29. The Hall–Kier alpha value is -2.93. The molecule has 0 fully saturated rings. The fourth-order valence-corrected chi connectivity index (χ4v) is 3.78. The van der Waals surface area contributed by atoms with E-state index in [1.165, 1.54) is 11.3 Å². The molecular formula is C22H24N2O4S. The molecule has 0 saturated heterocycles. The van der Waals surface area contributed by atoms with Gasteiger partial charge in [0.05, 0.1) is 22.4 Å². The maximum Gasteiger partial charge on any atom is 0.338 e. The minimum absolute atomic E-state index is 0.104. The van der Waals surface area contributed by atoms with Crippen LogP contribution in [0.15, 0.2) is 36.4 Å². The number of amides is 1. The molecule has 0 saturated carbocycles. The van der Waals surface area contributed by atoms with Crippen LogP contribution < -0.4 is 10.1 Å². The van der Waals surface area contributed by atoms with Crippen molar-refractivity contribution in [3.05, 3.63) is 53.1 Å². The lowest BCUT2D eigenvalue weighted by Crippen LogP contribution is -2.20. The molecule has 6 nitrogen and oxygen atoms in total. The fraction of sp³-hybridized carbons (Fsp3) is 0.318. The van der Waals surface area contributed by atoms with E-state index < -0.39 is 0 Å². The van der Waals surface area contributed by atoms with Crippen LogP contribution in [0.4, 0.5) is 5.13 Å². The number of thiazole rings is 1. The third kappa shape index (κ3) is 5.12. The Balaban J connectivity index is 1.67. The van der Waals surface area contributed by atoms with Gasteiger partial charge in [-0.1, -0.05) is 37.3 Å². The highest BCUT2D eigenvalue weighted by atomic mass is 32.1. The van der Waals surface area contributed by atoms with Crippen LogP contribution in [0.3, 0.4) is 0 Å². The first-order valence-corrected chi connectivity index (χ1v) is 10.3. The van der Waals surface area contributed by atoms with Crippen LogP contribution in [0.25, 0.3) is 10.2 Å². The first kappa shape index (κ1) is 20.8. The number of aryl methyl sites for hydroxylation is 1. The van der Waals surface area contributed by atoms with Gasteiger partial charge in [-0.3, -0.25) is 10.1 Å². The average Bonchev–Trinajstić information content (AvgIpc) is 3.07. The maximum absolute atomic E-state index is 12.3. The molecule has 0 atom stereocenters. The zero-order valence-electron chi connectivity index (χ0n) is 16.9. The van der Waals surface area contributed by atoms with Crippen LogP contribution >= 0.6 is 11.3 Å². The maximum atomic E-state index is 12.3. The van der Waals surface area contributed by atoms with Gasteiger partial charge in [-0.2, -0.15) is 0 Å². The van der Waals surface area contributed by atoms with Gasteiger partial charge >= 0.3 is 5.97 Å². The quantitative estimate of drug-likeness (QED) is 0.557. The summed E-state index contributed by atoms with van der Waals surface area (Å²) in [4.78, 5) is 28.6. The molecular weight excluding hydrogens is 388 g/mol. The predicted octanol–water partition coefficient (Wildman–Crippen LogP) is 4.92. The van der Waals surface area contributed by atoms with E-state index >= 15 is 0 Å². The monoisotopic (exact) mass is 412 g/mol. The molecule has 0 unspecified atom stereocenters. The number of carbonyl (C=O) groups is 2. The van der Waals surface area contributed by atoms with Crippen LogP contribution in [-0.2, 0) is 9.53 Å². The van der Waals surface area contributed by atoms with Crippen molar-refractivity contribution in [3.8, 4) is 5.75 Å². The van der Waals surface area contributed by atoms with E-state index in [0.29, 0.717) is 28.7 Å². The van der Waals surface area contributed by atoms with Crippen molar-refractivity contribution in [2.75, 3.05) is 18.5 Å². The van der Waals surface area contributed by atoms with Gasteiger partial charge in [0.25, 0.3) is 5.91 Å². The summed E-state index contributed by atoms with van der Waals surface area (Å²) in [5.74, 6) is 0.358. The largest absolute Gasteiger partial charge is 0.483 e. The minimum Gasteiger partial charge on any atom is -0.483 e. The second kappa shape index (κ2) is 9.05. The van der Waals surface area contributed by atoms with Crippen molar-refractivity contribution in [1.82, 2.24) is 4.98 Å². The van der Waals surface area contributed by atoms with Crippen LogP contribution in [0, 0.1) is 6.92 Å². The molecule has 0 aliphatic carbocycles. The number of nitrogens with zero attached hydrogens (tertiary/aromatic N) is 1. The molecule has 3 aromatic rings. The topological polar surface area (TPSA) is 77.5 Å². The summed E-state index contributed by atoms with van der Waals surface area (Å²) in [5, 5.41) is 3.23. The van der Waals surface area contributed by atoms with Crippen molar-refractivity contribution in [2.45, 2.75) is 33.6 Å². The van der Waals surface area contributed by atoms with Crippen molar-refractivity contribution in [2.24, 2.45) is 0 Å². The molecule has 1 amide bonds. The van der Waals surface area contributed by atoms with Crippen LogP contribution in [0.2, 0.25) is 0 Å². The highest BCUT2D eigenvalue weighted by Gasteiger charge is 2.14. The van der Waals surface area contributed by atoms with E-state index in [0.717, 1.165) is 21.6 Å². The molecule has 0 aliphatic rings. The smallest absolute Gasteiger partial charge is 0.338 e. The highest BCUT2D eigenvalue weighted by molar-refractivity contribution is 7.22. The molecule has 2 aromatic carbocycles. The third-order valence-corrected chi connectivity index (χ3v) is 5.23. The number of nitrogens with one attached hydrogen (secondary N) is 1. The van der Waals surface area contributed by atoms with Gasteiger partial charge in [-0.15, -0.1) is 0 Å². The lowest BCUT2D eigenvalue weighted by atomic mass is 10.0. The molecule has 1 aromatic heterocycles. The van der Waals surface area contributed by atoms with Crippen LogP contribution in [0.5, 0.6) is 5.75 Å². The SMILES string of the molecule is CCOC(=O)c1ccc2nc(NC(=O)COc3cc(C)ccc3C(C)C)sc2c1. The van der Waals surface area contributed by atoms with E-state index in [1.54, 1.807) is 25.1 Å². The van der Waals surface area contributed by atoms with Crippen molar-refractivity contribution in [1.29, 1.82) is 0 Å². The number of rotatable bonds is 7. The summed E-state index contributed by atoms with van der Waals surface area (Å²) >= 11 is 1.30. The molecule has 152 valence electrons. The van der Waals surface area contributed by atoms with Gasteiger partial charge in [-0.25, -0.2) is 9.78 Å². The summed E-state index contributed by atoms with van der Waals surface area (Å²) < 4.78 is 11.6. The van der Waals surface area contributed by atoms with Gasteiger partial charge in [0.15, 0.2) is 11.7 Å². The van der Waals surface area contributed by atoms with Gasteiger partial charge in [0, 0.05) is 0 Å². The Morgan fingerprint density at radius 2 is 1.97 bits per heavy atom. The Morgan fingerprint density at radius 3 is 2.69 bits per heavy atom. The molecule has 1 heterocycles. The first-order valence-electron chi connectivity index (χ1n) is 9.48. The number of fused-ring (bicyclic) bond motifs is 1. The number of aromatic nitrogens is 1. The van der Waals surface area contributed by atoms with Crippen LogP contribution in [0.1, 0.15) is 48.2 Å². The number of ether oxygens (including phenoxy) is 2. The van der Waals surface area contributed by atoms with Gasteiger partial charge < -0.3 is 9.47 Å². The van der Waals surface area contributed by atoms with Gasteiger partial charge in [0.1, 0.15) is 5.75 Å². The van der Waals surface area contributed by atoms with E-state index in [9.17, 15) is 9.59 Å². The average molecular weight is 413 g/mol. The summed E-state index contributed by atoms with van der Waals surface area (Å²) in [6.07, 6.45) is 0. The second-order valence-electron chi connectivity index (χ2n) is 6.95. The van der Waals surface area contributed by atoms with Crippen molar-refractivity contribution in [3.63, 3.8) is 0 Å². The number of hydrogen-bond donors (Lipinski definition) is 1. The van der Waals surface area contributed by atoms with E-state index in [4.69, 9.17) is 9.47 Å². The normalized spacial score (nSPS) is 10.9. The Morgan fingerprint density at radius 1 is 1.17 bits per heavy atom. The van der Waals surface area contributed by atoms with Gasteiger partial charge in [0.2, 0.25) is 0 Å². The van der Waals surface area contributed by atoms with Crippen LogP contribution in [-0.4, -0.2) is 30.1 Å². The summed E-state index contributed by atoms with van der Waals surface area (Å²) in [7, 11) is 0. The fourth-order valence-electron chi connectivity index (χ4n) is 2.86. The Labute approximate surface area is 173 Å². The van der Waals surface area contributed by atoms with Gasteiger partial charge in [-0.05, 0) is 55.2 Å². The Kier molecular flexibility index (Phi) is 6.49. The second-order valence-corrected chi connectivity index (χ2v) is 7.99. The zero-order valence-corrected chi connectivity index (χ0v) is 17.8. The molecule has 0 bridgehead atoms. The number of carbonyl (C=O) groups excluding carboxylic acids is 2. The predicted molar refractivity (Wildman–Crippen MR) is 115 cm³/mol. The lowest BCUT2D eigenvalue weighted by Gasteiger charge is -2.14. The number of anilines is 1. The van der Waals surface area contributed by atoms with Crippen molar-refractivity contribution >= 4 is 38.6 Å². The molecule has 7 heteroatoms. The zero-order chi connectivity index (χ0) is 21.0. The van der Waals surface area contributed by atoms with E-state index in [1.807, 2.05) is 25.1 Å². The Bertz CT molecular complexity index is 1040. The molecule has 3 rings (SSSR count). The first-order chi connectivity index (χ1) is 13.9. The van der Waals surface area contributed by atoms with E-state index in [-0.39, 0.29) is 18.5 Å². The summed E-state index contributed by atoms with van der Waals surface area (Å²) in [6, 6.07) is 11.1. The lowest BCUT2D eigenvalue weighted by molar-refractivity contribution is -0.118. The van der Waals surface area contributed by atoms with Crippen molar-refractivity contribution < 1.29 is 19.1 Å². The molecule has 0 radical (unpaired) electrons. The summed E-state index contributed by atoms with van der Waals surface area (Å²) in [6.45, 7) is 8.14. The summed E-state index contributed by atoms with van der Waals surface area (Å²) in [5.41, 5.74) is 3.31. The number of benzene rings is 2. The number of esters is 1.